The van der Waals surface area contributed by atoms with Gasteiger partial charge in [-0.05, 0) is 24.0 Å². The van der Waals surface area contributed by atoms with E-state index in [1.807, 2.05) is 12.1 Å². The third kappa shape index (κ3) is 6.92. The van der Waals surface area contributed by atoms with E-state index in [2.05, 4.69) is 29.7 Å². The summed E-state index contributed by atoms with van der Waals surface area (Å²) in [5, 5.41) is 13.3. The van der Waals surface area contributed by atoms with Crippen LogP contribution in [0.1, 0.15) is 30.9 Å². The van der Waals surface area contributed by atoms with E-state index in [0.717, 1.165) is 18.4 Å². The molecule has 1 atom stereocenters. The Balaban J connectivity index is 2.38. The number of nitrogens with one attached hydrogen (secondary N) is 3. The van der Waals surface area contributed by atoms with Crippen molar-refractivity contribution in [3.05, 3.63) is 35.4 Å². The highest BCUT2D eigenvalue weighted by atomic mass is 16.5. The monoisotopic (exact) mass is 321 g/mol. The first-order chi connectivity index (χ1) is 11.1. The van der Waals surface area contributed by atoms with Crippen molar-refractivity contribution in [2.24, 2.45) is 0 Å². The van der Waals surface area contributed by atoms with Gasteiger partial charge in [-0.1, -0.05) is 37.6 Å². The lowest BCUT2D eigenvalue weighted by molar-refractivity contribution is -0.133. The summed E-state index contributed by atoms with van der Waals surface area (Å²) in [7, 11) is 0. The third-order valence-corrected chi connectivity index (χ3v) is 3.40. The van der Waals surface area contributed by atoms with Crippen molar-refractivity contribution in [2.75, 3.05) is 6.54 Å². The molecule has 0 bridgehead atoms. The fraction of sp³-hybridized carbons (Fsp3) is 0.438. The first-order valence-corrected chi connectivity index (χ1v) is 7.58. The quantitative estimate of drug-likeness (QED) is 0.282. The van der Waals surface area contributed by atoms with Crippen molar-refractivity contribution in [3.8, 4) is 0 Å². The van der Waals surface area contributed by atoms with Gasteiger partial charge in [0.2, 0.25) is 12.3 Å². The number of carbonyl (C=O) groups excluding carboxylic acids is 3. The zero-order valence-electron chi connectivity index (χ0n) is 13.2. The molecule has 3 amide bonds. The molecule has 7 heteroatoms. The average molecular weight is 321 g/mol. The predicted octanol–water partition coefficient (Wildman–Crippen LogP) is 0.308. The normalized spacial score (nSPS) is 11.4. The Morgan fingerprint density at radius 1 is 1.17 bits per heavy atom. The van der Waals surface area contributed by atoms with E-state index in [-0.39, 0.29) is 18.9 Å². The second kappa shape index (κ2) is 10.3. The Labute approximate surface area is 135 Å². The molecule has 0 radical (unpaired) electrons. The maximum absolute atomic E-state index is 11.8. The Morgan fingerprint density at radius 2 is 1.78 bits per heavy atom. The highest BCUT2D eigenvalue weighted by Gasteiger charge is 2.17. The Morgan fingerprint density at radius 3 is 2.30 bits per heavy atom. The number of hydrogen-bond donors (Lipinski definition) is 4. The molecule has 23 heavy (non-hydrogen) atoms. The lowest BCUT2D eigenvalue weighted by Crippen LogP contribution is -2.49. The number of rotatable bonds is 10. The zero-order valence-corrected chi connectivity index (χ0v) is 13.2. The molecule has 0 saturated heterocycles. The Bertz CT molecular complexity index is 517. The van der Waals surface area contributed by atoms with Crippen molar-refractivity contribution in [2.45, 2.75) is 38.6 Å². The molecule has 1 aromatic carbocycles. The molecule has 0 spiro atoms. The van der Waals surface area contributed by atoms with Gasteiger partial charge in [0.25, 0.3) is 5.91 Å². The summed E-state index contributed by atoms with van der Waals surface area (Å²) < 4.78 is 0. The van der Waals surface area contributed by atoms with Gasteiger partial charge < -0.3 is 10.6 Å². The van der Waals surface area contributed by atoms with E-state index in [1.165, 1.54) is 11.0 Å². The maximum atomic E-state index is 11.8. The fourth-order valence-corrected chi connectivity index (χ4v) is 2.11. The fourth-order valence-electron chi connectivity index (χ4n) is 2.11. The zero-order chi connectivity index (χ0) is 17.1. The molecular formula is C16H23N3O4. The van der Waals surface area contributed by atoms with Crippen molar-refractivity contribution in [1.82, 2.24) is 16.1 Å². The van der Waals surface area contributed by atoms with Crippen molar-refractivity contribution in [1.29, 1.82) is 0 Å². The van der Waals surface area contributed by atoms with Gasteiger partial charge in [0.1, 0.15) is 6.04 Å². The van der Waals surface area contributed by atoms with Crippen LogP contribution in [0.2, 0.25) is 0 Å². The maximum Gasteiger partial charge on any atom is 0.267 e. The Kier molecular flexibility index (Phi) is 8.38. The third-order valence-electron chi connectivity index (χ3n) is 3.40. The standard InChI is InChI=1S/C16H23N3O4/c1-2-3-12-4-6-13(7-5-12)8-9-15(21)17-10-14(18-11-20)16(22)19-23/h4-7,11,14,23H,2-3,8-10H2,1H3,(H,17,21)(H,18,20)(H,19,22)/t14-/m0/s1. The predicted molar refractivity (Wildman–Crippen MR) is 84.7 cm³/mol. The summed E-state index contributed by atoms with van der Waals surface area (Å²) in [5.74, 6) is -1.02. The molecule has 0 aliphatic carbocycles. The molecule has 1 rings (SSSR count). The van der Waals surface area contributed by atoms with Crippen LogP contribution in [0.3, 0.4) is 0 Å². The summed E-state index contributed by atoms with van der Waals surface area (Å²) in [5.41, 5.74) is 3.78. The van der Waals surface area contributed by atoms with Gasteiger partial charge in [0.05, 0.1) is 0 Å². The minimum atomic E-state index is -1.00. The van der Waals surface area contributed by atoms with Crippen LogP contribution in [-0.2, 0) is 27.2 Å². The smallest absolute Gasteiger partial charge is 0.267 e. The molecule has 0 aliphatic heterocycles. The van der Waals surface area contributed by atoms with Crippen LogP contribution in [0.25, 0.3) is 0 Å². The number of benzene rings is 1. The summed E-state index contributed by atoms with van der Waals surface area (Å²) in [6.45, 7) is 2.04. The van der Waals surface area contributed by atoms with Crippen LogP contribution < -0.4 is 16.1 Å². The van der Waals surface area contributed by atoms with E-state index < -0.39 is 11.9 Å². The van der Waals surface area contributed by atoms with Crippen LogP contribution in [0.4, 0.5) is 0 Å². The lowest BCUT2D eigenvalue weighted by Gasteiger charge is -2.14. The van der Waals surface area contributed by atoms with Crippen LogP contribution >= 0.6 is 0 Å². The molecule has 0 aromatic heterocycles. The highest BCUT2D eigenvalue weighted by molar-refractivity contribution is 5.84. The molecule has 0 aliphatic rings. The summed E-state index contributed by atoms with van der Waals surface area (Å²) in [6.07, 6.45) is 3.35. The molecule has 0 saturated carbocycles. The molecule has 1 aromatic rings. The van der Waals surface area contributed by atoms with E-state index in [1.54, 1.807) is 0 Å². The SMILES string of the molecule is CCCc1ccc(CCC(=O)NC[C@H](NC=O)C(=O)NO)cc1. The van der Waals surface area contributed by atoms with Crippen molar-refractivity contribution in [3.63, 3.8) is 0 Å². The molecular weight excluding hydrogens is 298 g/mol. The summed E-state index contributed by atoms with van der Waals surface area (Å²) in [4.78, 5) is 33.4. The van der Waals surface area contributed by atoms with Gasteiger partial charge >= 0.3 is 0 Å². The summed E-state index contributed by atoms with van der Waals surface area (Å²) in [6, 6.07) is 7.14. The molecule has 4 N–H and O–H groups in total. The molecule has 0 heterocycles. The second-order valence-electron chi connectivity index (χ2n) is 5.18. The van der Waals surface area contributed by atoms with E-state index in [0.29, 0.717) is 12.8 Å². The second-order valence-corrected chi connectivity index (χ2v) is 5.18. The first-order valence-electron chi connectivity index (χ1n) is 7.58. The largest absolute Gasteiger partial charge is 0.353 e. The summed E-state index contributed by atoms with van der Waals surface area (Å²) >= 11 is 0. The number of amides is 3. The highest BCUT2D eigenvalue weighted by Crippen LogP contribution is 2.08. The van der Waals surface area contributed by atoms with Gasteiger partial charge in [-0.2, -0.15) is 0 Å². The van der Waals surface area contributed by atoms with Gasteiger partial charge in [-0.25, -0.2) is 5.48 Å². The Hall–Kier alpha value is -2.41. The molecule has 126 valence electrons. The molecule has 7 nitrogen and oxygen atoms in total. The molecule has 0 unspecified atom stereocenters. The van der Waals surface area contributed by atoms with Crippen LogP contribution in [0.15, 0.2) is 24.3 Å². The number of hydroxylamine groups is 1. The molecule has 0 fully saturated rings. The van der Waals surface area contributed by atoms with E-state index >= 15 is 0 Å². The van der Waals surface area contributed by atoms with Crippen molar-refractivity contribution >= 4 is 18.2 Å². The number of hydrogen-bond acceptors (Lipinski definition) is 4. The van der Waals surface area contributed by atoms with Crippen molar-refractivity contribution < 1.29 is 19.6 Å². The topological polar surface area (TPSA) is 108 Å². The number of carbonyl (C=O) groups is 3. The van der Waals surface area contributed by atoms with Crippen LogP contribution in [-0.4, -0.2) is 36.0 Å². The van der Waals surface area contributed by atoms with E-state index in [9.17, 15) is 14.4 Å². The van der Waals surface area contributed by atoms with Gasteiger partial charge in [0.15, 0.2) is 0 Å². The van der Waals surface area contributed by atoms with Gasteiger partial charge in [-0.3, -0.25) is 19.6 Å². The minimum Gasteiger partial charge on any atom is -0.353 e. The van der Waals surface area contributed by atoms with E-state index in [4.69, 9.17) is 5.21 Å². The number of aryl methyl sites for hydroxylation is 2. The van der Waals surface area contributed by atoms with Crippen LogP contribution in [0, 0.1) is 0 Å². The minimum absolute atomic E-state index is 0.0839. The first kappa shape index (κ1) is 18.6. The van der Waals surface area contributed by atoms with Crippen LogP contribution in [0.5, 0.6) is 0 Å². The average Bonchev–Trinajstić information content (AvgIpc) is 2.57. The lowest BCUT2D eigenvalue weighted by atomic mass is 10.0. The van der Waals surface area contributed by atoms with Gasteiger partial charge in [0, 0.05) is 13.0 Å². The van der Waals surface area contributed by atoms with Gasteiger partial charge in [-0.15, -0.1) is 0 Å².